The number of thiazole rings is 1. The first kappa shape index (κ1) is 26.6. The van der Waals surface area contributed by atoms with Gasteiger partial charge < -0.3 is 15.7 Å². The van der Waals surface area contributed by atoms with Crippen LogP contribution in [0.1, 0.15) is 45.0 Å². The van der Waals surface area contributed by atoms with Crippen molar-refractivity contribution in [3.63, 3.8) is 0 Å². The normalized spacial score (nSPS) is 11.2. The van der Waals surface area contributed by atoms with Gasteiger partial charge in [0.25, 0.3) is 5.91 Å². The van der Waals surface area contributed by atoms with Gasteiger partial charge in [-0.25, -0.2) is 4.98 Å². The Hall–Kier alpha value is -3.46. The number of aliphatic hydroxyl groups is 1. The maximum atomic E-state index is 12.9. The molecule has 4 aromatic rings. The van der Waals surface area contributed by atoms with Gasteiger partial charge in [0.05, 0.1) is 12.1 Å². The number of nitrogens with one attached hydrogen (secondary N) is 2. The van der Waals surface area contributed by atoms with E-state index < -0.39 is 5.60 Å². The molecule has 0 saturated carbocycles. The van der Waals surface area contributed by atoms with Crippen molar-refractivity contribution in [3.05, 3.63) is 94.5 Å². The van der Waals surface area contributed by atoms with Crippen molar-refractivity contribution in [2.75, 3.05) is 12.4 Å². The Morgan fingerprint density at radius 3 is 2.59 bits per heavy atom. The first-order valence-electron chi connectivity index (χ1n) is 11.8. The summed E-state index contributed by atoms with van der Waals surface area (Å²) in [5, 5.41) is 17.3. The van der Waals surface area contributed by atoms with Gasteiger partial charge in [0, 0.05) is 56.7 Å². The van der Waals surface area contributed by atoms with Crippen LogP contribution in [0.5, 0.6) is 0 Å². The van der Waals surface area contributed by atoms with E-state index >= 15 is 0 Å². The fourth-order valence-electron chi connectivity index (χ4n) is 3.88. The topological polar surface area (TPSA) is 91.3 Å². The van der Waals surface area contributed by atoms with Gasteiger partial charge >= 0.3 is 0 Å². The second-order valence-electron chi connectivity index (χ2n) is 9.18. The minimum atomic E-state index is -0.817. The molecule has 0 aliphatic heterocycles. The van der Waals surface area contributed by atoms with E-state index in [4.69, 9.17) is 0 Å². The van der Waals surface area contributed by atoms with Gasteiger partial charge in [-0.05, 0) is 43.7 Å². The molecule has 0 aliphatic carbocycles. The summed E-state index contributed by atoms with van der Waals surface area (Å²) in [6.07, 6.45) is 3.15. The van der Waals surface area contributed by atoms with E-state index in [1.807, 2.05) is 54.6 Å². The number of hydrogen-bond donors (Lipinski definition) is 3. The lowest BCUT2D eigenvalue weighted by Gasteiger charge is -2.18. The summed E-state index contributed by atoms with van der Waals surface area (Å²) in [6.45, 7) is 3.95. The molecular formula is C29H29N3O3S2. The number of aldehydes is 1. The highest BCUT2D eigenvalue weighted by Crippen LogP contribution is 2.35. The van der Waals surface area contributed by atoms with Crippen LogP contribution in [0.3, 0.4) is 0 Å². The number of hydrogen-bond acceptors (Lipinski definition) is 7. The van der Waals surface area contributed by atoms with Gasteiger partial charge in [-0.1, -0.05) is 54.2 Å². The third-order valence-corrected chi connectivity index (χ3v) is 7.82. The van der Waals surface area contributed by atoms with Crippen LogP contribution < -0.4 is 10.6 Å². The van der Waals surface area contributed by atoms with Crippen LogP contribution in [-0.2, 0) is 13.0 Å². The fourth-order valence-corrected chi connectivity index (χ4v) is 5.81. The highest BCUT2D eigenvalue weighted by atomic mass is 32.2. The minimum Gasteiger partial charge on any atom is -0.390 e. The van der Waals surface area contributed by atoms with E-state index in [1.165, 1.54) is 23.1 Å². The molecule has 0 fully saturated rings. The Balaban J connectivity index is 1.44. The van der Waals surface area contributed by atoms with E-state index in [0.29, 0.717) is 24.1 Å². The summed E-state index contributed by atoms with van der Waals surface area (Å²) in [4.78, 5) is 31.6. The van der Waals surface area contributed by atoms with Crippen LogP contribution in [-0.4, -0.2) is 34.9 Å². The van der Waals surface area contributed by atoms with Crippen LogP contribution in [0.15, 0.2) is 82.7 Å². The summed E-state index contributed by atoms with van der Waals surface area (Å²) in [5.74, 6) is -0.182. The molecule has 0 atom stereocenters. The Bertz CT molecular complexity index is 1410. The van der Waals surface area contributed by atoms with E-state index in [-0.39, 0.29) is 5.91 Å². The van der Waals surface area contributed by atoms with Gasteiger partial charge in [-0.15, -0.1) is 11.3 Å². The number of carbonyl (C=O) groups is 2. The maximum Gasteiger partial charge on any atom is 0.251 e. The van der Waals surface area contributed by atoms with Crippen LogP contribution in [0.4, 0.5) is 5.69 Å². The molecule has 0 spiro atoms. The third-order valence-electron chi connectivity index (χ3n) is 5.62. The molecule has 0 radical (unpaired) electrons. The van der Waals surface area contributed by atoms with Crippen molar-refractivity contribution in [2.45, 2.75) is 42.2 Å². The molecule has 190 valence electrons. The average Bonchev–Trinajstić information content (AvgIpc) is 3.36. The van der Waals surface area contributed by atoms with Crippen LogP contribution in [0.25, 0.3) is 10.6 Å². The zero-order valence-corrected chi connectivity index (χ0v) is 22.6. The summed E-state index contributed by atoms with van der Waals surface area (Å²) < 4.78 is 0. The van der Waals surface area contributed by atoms with Gasteiger partial charge in [-0.3, -0.25) is 9.59 Å². The fraction of sp³-hybridized carbons (Fsp3) is 0.207. The maximum absolute atomic E-state index is 12.9. The molecule has 6 nitrogen and oxygen atoms in total. The predicted molar refractivity (Wildman–Crippen MR) is 151 cm³/mol. The van der Waals surface area contributed by atoms with Crippen molar-refractivity contribution >= 4 is 41.0 Å². The molecule has 1 amide bonds. The van der Waals surface area contributed by atoms with E-state index in [1.54, 1.807) is 39.2 Å². The molecule has 0 aliphatic rings. The first-order chi connectivity index (χ1) is 17.8. The summed E-state index contributed by atoms with van der Waals surface area (Å²) in [7, 11) is 1.81. The number of anilines is 1. The van der Waals surface area contributed by atoms with E-state index in [2.05, 4.69) is 15.6 Å². The van der Waals surface area contributed by atoms with E-state index in [0.717, 1.165) is 42.8 Å². The SMILES string of the molecule is CNc1cc(C(=O)NCc2cnc(-c3ccccc3CC(C)(C)O)s2)ccc1Sc1ccccc1C=O. The lowest BCUT2D eigenvalue weighted by Crippen LogP contribution is -2.22. The summed E-state index contributed by atoms with van der Waals surface area (Å²) in [6, 6.07) is 20.8. The molecule has 1 aromatic heterocycles. The molecule has 0 bridgehead atoms. The van der Waals surface area contributed by atoms with Crippen LogP contribution in [0, 0.1) is 0 Å². The minimum absolute atomic E-state index is 0.182. The van der Waals surface area contributed by atoms with Crippen LogP contribution in [0.2, 0.25) is 0 Å². The van der Waals surface area contributed by atoms with Crippen molar-refractivity contribution in [3.8, 4) is 10.6 Å². The molecule has 8 heteroatoms. The number of benzene rings is 3. The molecule has 3 aromatic carbocycles. The molecule has 0 saturated heterocycles. The molecule has 1 heterocycles. The number of nitrogens with zero attached hydrogens (tertiary/aromatic N) is 1. The van der Waals surface area contributed by atoms with Gasteiger partial charge in [0.2, 0.25) is 0 Å². The Morgan fingerprint density at radius 1 is 1.08 bits per heavy atom. The zero-order valence-electron chi connectivity index (χ0n) is 20.9. The monoisotopic (exact) mass is 531 g/mol. The Kier molecular flexibility index (Phi) is 8.43. The molecule has 4 rings (SSSR count). The zero-order chi connectivity index (χ0) is 26.4. The highest BCUT2D eigenvalue weighted by Gasteiger charge is 2.18. The third kappa shape index (κ3) is 6.85. The van der Waals surface area contributed by atoms with Gasteiger partial charge in [0.1, 0.15) is 5.01 Å². The quantitative estimate of drug-likeness (QED) is 0.216. The lowest BCUT2D eigenvalue weighted by atomic mass is 9.95. The highest BCUT2D eigenvalue weighted by molar-refractivity contribution is 7.99. The molecular weight excluding hydrogens is 502 g/mol. The second-order valence-corrected chi connectivity index (χ2v) is 11.4. The smallest absolute Gasteiger partial charge is 0.251 e. The average molecular weight is 532 g/mol. The predicted octanol–water partition coefficient (Wildman–Crippen LogP) is 6.06. The van der Waals surface area contributed by atoms with Crippen molar-refractivity contribution in [1.29, 1.82) is 0 Å². The number of aromatic nitrogens is 1. The number of amides is 1. The molecule has 0 unspecified atom stereocenters. The Morgan fingerprint density at radius 2 is 1.84 bits per heavy atom. The second kappa shape index (κ2) is 11.7. The van der Waals surface area contributed by atoms with Crippen molar-refractivity contribution in [2.24, 2.45) is 0 Å². The van der Waals surface area contributed by atoms with Crippen LogP contribution >= 0.6 is 23.1 Å². The number of rotatable bonds is 10. The first-order valence-corrected chi connectivity index (χ1v) is 13.5. The Labute approximate surface area is 225 Å². The lowest BCUT2D eigenvalue weighted by molar-refractivity contribution is 0.0811. The van der Waals surface area contributed by atoms with E-state index in [9.17, 15) is 14.7 Å². The summed E-state index contributed by atoms with van der Waals surface area (Å²) >= 11 is 3.00. The van der Waals surface area contributed by atoms with Crippen molar-refractivity contribution < 1.29 is 14.7 Å². The van der Waals surface area contributed by atoms with Crippen molar-refractivity contribution in [1.82, 2.24) is 10.3 Å². The standard InChI is InChI=1S/C29H29N3O3S2/c1-29(2,35)15-20-8-4-6-10-23(20)28-32-17-22(36-28)16-31-27(34)19-12-13-26(24(14-19)30-3)37-25-11-7-5-9-21(25)18-33/h4-14,17-18,30,35H,15-16H2,1-3H3,(H,31,34). The largest absolute Gasteiger partial charge is 0.390 e. The van der Waals surface area contributed by atoms with Gasteiger partial charge in [0.15, 0.2) is 6.29 Å². The van der Waals surface area contributed by atoms with Gasteiger partial charge in [-0.2, -0.15) is 0 Å². The molecule has 3 N–H and O–H groups in total. The molecule has 37 heavy (non-hydrogen) atoms. The number of carbonyl (C=O) groups excluding carboxylic acids is 2. The summed E-state index contributed by atoms with van der Waals surface area (Å²) in [5.41, 5.74) is 3.19.